The molecule has 0 spiro atoms. The van der Waals surface area contributed by atoms with Gasteiger partial charge in [-0.2, -0.15) is 13.2 Å². The van der Waals surface area contributed by atoms with Crippen LogP contribution in [0.15, 0.2) is 54.6 Å². The third kappa shape index (κ3) is 6.94. The molecule has 0 fully saturated rings. The number of hydrogen-bond donors (Lipinski definition) is 1. The van der Waals surface area contributed by atoms with Crippen LogP contribution in [0.3, 0.4) is 0 Å². The summed E-state index contributed by atoms with van der Waals surface area (Å²) in [6, 6.07) is 13.3. The van der Waals surface area contributed by atoms with Crippen LogP contribution in [0.25, 0.3) is 0 Å². The highest BCUT2D eigenvalue weighted by Crippen LogP contribution is 2.30. The molecule has 30 heavy (non-hydrogen) atoms. The van der Waals surface area contributed by atoms with Gasteiger partial charge in [0.1, 0.15) is 6.54 Å². The van der Waals surface area contributed by atoms with Crippen LogP contribution in [0, 0.1) is 0 Å². The van der Waals surface area contributed by atoms with Crippen molar-refractivity contribution >= 4 is 27.3 Å². The van der Waals surface area contributed by atoms with Gasteiger partial charge in [-0.1, -0.05) is 18.2 Å². The summed E-state index contributed by atoms with van der Waals surface area (Å²) >= 11 is 0. The lowest BCUT2D eigenvalue weighted by Crippen LogP contribution is -2.41. The maximum absolute atomic E-state index is 12.7. The molecule has 0 bridgehead atoms. The van der Waals surface area contributed by atoms with Crippen molar-refractivity contribution in [3.8, 4) is 0 Å². The third-order valence-electron chi connectivity index (χ3n) is 4.36. The first kappa shape index (κ1) is 23.5. The van der Waals surface area contributed by atoms with Gasteiger partial charge in [-0.05, 0) is 42.8 Å². The van der Waals surface area contributed by atoms with Gasteiger partial charge in [0.25, 0.3) is 0 Å². The van der Waals surface area contributed by atoms with E-state index >= 15 is 0 Å². The average molecular weight is 443 g/mol. The Bertz CT molecular complexity index is 933. The maximum atomic E-state index is 12.7. The summed E-state index contributed by atoms with van der Waals surface area (Å²) < 4.78 is 63.0. The fourth-order valence-corrected chi connectivity index (χ4v) is 3.62. The van der Waals surface area contributed by atoms with Crippen molar-refractivity contribution in [1.82, 2.24) is 5.32 Å². The van der Waals surface area contributed by atoms with E-state index in [9.17, 15) is 26.4 Å². The molecule has 164 valence electrons. The van der Waals surface area contributed by atoms with Crippen molar-refractivity contribution in [1.29, 1.82) is 0 Å². The summed E-state index contributed by atoms with van der Waals surface area (Å²) in [5, 5.41) is 2.65. The zero-order valence-electron chi connectivity index (χ0n) is 16.7. The molecule has 10 heteroatoms. The first-order chi connectivity index (χ1) is 14.0. The Labute approximate surface area is 174 Å². The molecule has 0 aliphatic rings. The highest BCUT2D eigenvalue weighted by atomic mass is 32.2. The first-order valence-electron chi connectivity index (χ1n) is 9.16. The van der Waals surface area contributed by atoms with Gasteiger partial charge in [-0.15, -0.1) is 0 Å². The van der Waals surface area contributed by atoms with Crippen molar-refractivity contribution in [3.05, 3.63) is 60.2 Å². The molecule has 0 saturated heterocycles. The predicted molar refractivity (Wildman–Crippen MR) is 111 cm³/mol. The topological polar surface area (TPSA) is 69.7 Å². The van der Waals surface area contributed by atoms with Gasteiger partial charge in [-0.25, -0.2) is 8.42 Å². The van der Waals surface area contributed by atoms with E-state index in [1.807, 2.05) is 42.3 Å². The Kier molecular flexibility index (Phi) is 7.71. The second kappa shape index (κ2) is 9.84. The van der Waals surface area contributed by atoms with Gasteiger partial charge in [0, 0.05) is 25.8 Å². The Hall–Kier alpha value is -2.75. The number of benzene rings is 2. The van der Waals surface area contributed by atoms with E-state index in [1.165, 1.54) is 0 Å². The number of carbonyl (C=O) groups excluding carboxylic acids is 1. The number of anilines is 2. The van der Waals surface area contributed by atoms with Crippen molar-refractivity contribution < 1.29 is 26.4 Å². The van der Waals surface area contributed by atoms with E-state index < -0.39 is 34.2 Å². The van der Waals surface area contributed by atoms with Gasteiger partial charge in [0.15, 0.2) is 0 Å². The second-order valence-electron chi connectivity index (χ2n) is 6.77. The monoisotopic (exact) mass is 443 g/mol. The lowest BCUT2D eigenvalue weighted by atomic mass is 10.2. The fourth-order valence-electron chi connectivity index (χ4n) is 2.76. The lowest BCUT2D eigenvalue weighted by Gasteiger charge is -2.23. The Balaban J connectivity index is 1.91. The van der Waals surface area contributed by atoms with Crippen LogP contribution in [-0.2, 0) is 21.0 Å². The maximum Gasteiger partial charge on any atom is 0.416 e. The minimum absolute atomic E-state index is 0.00976. The number of nitrogens with one attached hydrogen (secondary N) is 1. The third-order valence-corrected chi connectivity index (χ3v) is 5.50. The number of nitrogens with zero attached hydrogens (tertiary/aromatic N) is 2. The molecule has 0 aliphatic heterocycles. The summed E-state index contributed by atoms with van der Waals surface area (Å²) in [4.78, 5) is 14.2. The Morgan fingerprint density at radius 1 is 1.00 bits per heavy atom. The normalized spacial score (nSPS) is 11.8. The molecule has 6 nitrogen and oxygen atoms in total. The quantitative estimate of drug-likeness (QED) is 0.605. The summed E-state index contributed by atoms with van der Waals surface area (Å²) in [5.74, 6) is -0.539. The molecule has 2 aromatic carbocycles. The van der Waals surface area contributed by atoms with Crippen molar-refractivity contribution in [2.45, 2.75) is 12.6 Å². The molecule has 0 heterocycles. The van der Waals surface area contributed by atoms with E-state index in [-0.39, 0.29) is 5.69 Å². The SMILES string of the molecule is CN(CCCNC(=O)CN(c1ccc(C(F)(F)F)cc1)S(C)(=O)=O)c1ccccc1. The van der Waals surface area contributed by atoms with Crippen LogP contribution < -0.4 is 14.5 Å². The summed E-state index contributed by atoms with van der Waals surface area (Å²) in [6.45, 7) is 0.498. The molecule has 2 aromatic rings. The highest BCUT2D eigenvalue weighted by Gasteiger charge is 2.30. The summed E-state index contributed by atoms with van der Waals surface area (Å²) in [6.07, 6.45) is -3.00. The van der Waals surface area contributed by atoms with Crippen LogP contribution in [0.5, 0.6) is 0 Å². The van der Waals surface area contributed by atoms with E-state index in [1.54, 1.807) is 0 Å². The van der Waals surface area contributed by atoms with Gasteiger partial charge in [0.2, 0.25) is 15.9 Å². The Morgan fingerprint density at radius 3 is 2.13 bits per heavy atom. The zero-order chi connectivity index (χ0) is 22.4. The number of alkyl halides is 3. The number of carbonyl (C=O) groups is 1. The predicted octanol–water partition coefficient (Wildman–Crippen LogP) is 3.11. The van der Waals surface area contributed by atoms with E-state index in [4.69, 9.17) is 0 Å². The van der Waals surface area contributed by atoms with Crippen LogP contribution >= 0.6 is 0 Å². The van der Waals surface area contributed by atoms with Gasteiger partial charge < -0.3 is 10.2 Å². The van der Waals surface area contributed by atoms with E-state index in [0.29, 0.717) is 19.5 Å². The zero-order valence-corrected chi connectivity index (χ0v) is 17.5. The summed E-state index contributed by atoms with van der Waals surface area (Å²) in [5.41, 5.74) is 0.130. The minimum atomic E-state index is -4.53. The second-order valence-corrected chi connectivity index (χ2v) is 8.68. The first-order valence-corrected chi connectivity index (χ1v) is 11.0. The number of hydrogen-bond acceptors (Lipinski definition) is 4. The van der Waals surface area contributed by atoms with Gasteiger partial charge >= 0.3 is 6.18 Å². The number of rotatable bonds is 9. The van der Waals surface area contributed by atoms with Crippen LogP contribution in [-0.4, -0.2) is 47.3 Å². The standard InChI is InChI=1S/C20H24F3N3O3S/c1-25(17-7-4-3-5-8-17)14-6-13-24-19(27)15-26(30(2,28)29)18-11-9-16(10-12-18)20(21,22)23/h3-5,7-12H,6,13-15H2,1-2H3,(H,24,27). The molecule has 1 amide bonds. The van der Waals surface area contributed by atoms with E-state index in [0.717, 1.165) is 40.5 Å². The minimum Gasteiger partial charge on any atom is -0.375 e. The van der Waals surface area contributed by atoms with E-state index in [2.05, 4.69) is 5.32 Å². The van der Waals surface area contributed by atoms with Crippen LogP contribution in [0.1, 0.15) is 12.0 Å². The molecule has 0 aromatic heterocycles. The number of sulfonamides is 1. The summed E-state index contributed by atoms with van der Waals surface area (Å²) in [7, 11) is -1.93. The molecule has 0 saturated carbocycles. The smallest absolute Gasteiger partial charge is 0.375 e. The molecule has 2 rings (SSSR count). The lowest BCUT2D eigenvalue weighted by molar-refractivity contribution is -0.137. The average Bonchev–Trinajstić information content (AvgIpc) is 2.68. The molecular weight excluding hydrogens is 419 g/mol. The van der Waals surface area contributed by atoms with Crippen LogP contribution in [0.4, 0.5) is 24.5 Å². The number of halogens is 3. The number of para-hydroxylation sites is 1. The molecule has 0 unspecified atom stereocenters. The number of amides is 1. The van der Waals surface area contributed by atoms with Gasteiger partial charge in [-0.3, -0.25) is 9.10 Å². The largest absolute Gasteiger partial charge is 0.416 e. The van der Waals surface area contributed by atoms with Gasteiger partial charge in [0.05, 0.1) is 17.5 Å². The fraction of sp³-hybridized carbons (Fsp3) is 0.350. The van der Waals surface area contributed by atoms with Crippen molar-refractivity contribution in [2.24, 2.45) is 0 Å². The molecular formula is C20H24F3N3O3S. The van der Waals surface area contributed by atoms with Crippen molar-refractivity contribution in [3.63, 3.8) is 0 Å². The molecule has 1 N–H and O–H groups in total. The van der Waals surface area contributed by atoms with Crippen LogP contribution in [0.2, 0.25) is 0 Å². The molecule has 0 aliphatic carbocycles. The molecule has 0 radical (unpaired) electrons. The molecule has 0 atom stereocenters. The highest BCUT2D eigenvalue weighted by molar-refractivity contribution is 7.92. The Morgan fingerprint density at radius 2 is 1.60 bits per heavy atom. The van der Waals surface area contributed by atoms with Crippen molar-refractivity contribution in [2.75, 3.05) is 42.1 Å².